The monoisotopic (exact) mass is 600 g/mol. The van der Waals surface area contributed by atoms with Gasteiger partial charge in [0.2, 0.25) is 5.95 Å². The number of benzene rings is 2. The molecule has 1 unspecified atom stereocenters. The molecule has 12 heteroatoms. The van der Waals surface area contributed by atoms with Gasteiger partial charge in [-0.05, 0) is 68.5 Å². The topological polar surface area (TPSA) is 154 Å². The Morgan fingerprint density at radius 1 is 1.09 bits per heavy atom. The summed E-state index contributed by atoms with van der Waals surface area (Å²) in [5.74, 6) is -3.27. The van der Waals surface area contributed by atoms with Gasteiger partial charge in [0.1, 0.15) is 11.2 Å². The molecule has 2 aliphatic rings. The standard InChI is InChI=1S/C32H33FN6O5/c1-19(21-6-4-3-5-7-21)36-30-35-15-14-24(37-30)26-25(22-10-12-23(33)13-11-22)38-28(39-26)32(27(34)40)43-17-31(2,18-44-32)29(41)42-16-20-8-9-20/h3-7,10-15,19-20H,8-9,16-18H2,1-2H3,(H2,34,40)(H,38,39)(H,35,36,37). The molecule has 2 aromatic carbocycles. The molecule has 11 nitrogen and oxygen atoms in total. The molecule has 1 saturated carbocycles. The summed E-state index contributed by atoms with van der Waals surface area (Å²) in [6.07, 6.45) is 3.66. The minimum absolute atomic E-state index is 0.0431. The van der Waals surface area contributed by atoms with Crippen LogP contribution in [0.5, 0.6) is 0 Å². The van der Waals surface area contributed by atoms with E-state index in [0.717, 1.165) is 18.4 Å². The van der Waals surface area contributed by atoms with Gasteiger partial charge in [-0.25, -0.2) is 19.3 Å². The van der Waals surface area contributed by atoms with E-state index in [-0.39, 0.29) is 25.1 Å². The van der Waals surface area contributed by atoms with Crippen LogP contribution in [0.15, 0.2) is 66.9 Å². The van der Waals surface area contributed by atoms with Gasteiger partial charge in [0.15, 0.2) is 5.82 Å². The Kier molecular flexibility index (Phi) is 7.87. The highest BCUT2D eigenvalue weighted by molar-refractivity contribution is 5.85. The number of aromatic amines is 1. The van der Waals surface area contributed by atoms with E-state index in [1.54, 1.807) is 31.3 Å². The number of hydrogen-bond donors (Lipinski definition) is 3. The molecule has 2 fully saturated rings. The zero-order valence-corrected chi connectivity index (χ0v) is 24.4. The summed E-state index contributed by atoms with van der Waals surface area (Å²) in [5, 5.41) is 3.30. The van der Waals surface area contributed by atoms with Crippen molar-refractivity contribution in [2.24, 2.45) is 17.1 Å². The number of nitrogens with one attached hydrogen (secondary N) is 2. The highest BCUT2D eigenvalue weighted by atomic mass is 19.1. The second-order valence-electron chi connectivity index (χ2n) is 11.5. The number of amides is 1. The molecule has 1 amide bonds. The average molecular weight is 601 g/mol. The first kappa shape index (κ1) is 29.4. The summed E-state index contributed by atoms with van der Waals surface area (Å²) in [6.45, 7) is 3.60. The molecule has 6 rings (SSSR count). The Morgan fingerprint density at radius 2 is 1.80 bits per heavy atom. The van der Waals surface area contributed by atoms with Crippen LogP contribution in [-0.4, -0.2) is 51.6 Å². The van der Waals surface area contributed by atoms with Gasteiger partial charge >= 0.3 is 11.8 Å². The molecule has 4 aromatic rings. The molecule has 228 valence electrons. The largest absolute Gasteiger partial charge is 0.465 e. The second kappa shape index (κ2) is 11.8. The third-order valence-electron chi connectivity index (χ3n) is 7.84. The van der Waals surface area contributed by atoms with Crippen molar-refractivity contribution in [3.63, 3.8) is 0 Å². The van der Waals surface area contributed by atoms with Gasteiger partial charge in [0, 0.05) is 11.8 Å². The number of hydrogen-bond acceptors (Lipinski definition) is 9. The lowest BCUT2D eigenvalue weighted by atomic mass is 9.91. The number of halogens is 1. The van der Waals surface area contributed by atoms with Gasteiger partial charge in [-0.15, -0.1) is 0 Å². The molecule has 2 aromatic heterocycles. The van der Waals surface area contributed by atoms with Crippen LogP contribution in [0.25, 0.3) is 22.6 Å². The van der Waals surface area contributed by atoms with Gasteiger partial charge in [-0.1, -0.05) is 30.3 Å². The maximum atomic E-state index is 13.8. The van der Waals surface area contributed by atoms with Crippen molar-refractivity contribution >= 4 is 17.8 Å². The number of H-pyrrole nitrogens is 1. The van der Waals surface area contributed by atoms with Crippen molar-refractivity contribution in [1.82, 2.24) is 19.9 Å². The van der Waals surface area contributed by atoms with Crippen molar-refractivity contribution in [3.8, 4) is 22.6 Å². The second-order valence-corrected chi connectivity index (χ2v) is 11.5. The van der Waals surface area contributed by atoms with Crippen LogP contribution in [0.2, 0.25) is 0 Å². The Bertz CT molecular complexity index is 1650. The van der Waals surface area contributed by atoms with Crippen LogP contribution in [0.4, 0.5) is 10.3 Å². The molecule has 0 spiro atoms. The number of anilines is 1. The van der Waals surface area contributed by atoms with Gasteiger partial charge in [-0.2, -0.15) is 0 Å². The van der Waals surface area contributed by atoms with Crippen LogP contribution in [0.1, 0.15) is 44.1 Å². The molecule has 4 N–H and O–H groups in total. The third-order valence-corrected chi connectivity index (χ3v) is 7.84. The molecule has 3 heterocycles. The molecule has 44 heavy (non-hydrogen) atoms. The van der Waals surface area contributed by atoms with Crippen LogP contribution in [0, 0.1) is 17.2 Å². The predicted molar refractivity (Wildman–Crippen MR) is 158 cm³/mol. The normalized spacial score (nSPS) is 22.2. The lowest BCUT2D eigenvalue weighted by Crippen LogP contribution is -2.56. The SMILES string of the molecule is CC(Nc1nccc(-c2[nH]c(C3(C(N)=O)OCC(C)(C(=O)OCC4CC4)CO3)nc2-c2ccc(F)cc2)n1)c1ccccc1. The fraction of sp³-hybridized carbons (Fsp3) is 0.344. The molecular formula is C32H33FN6O5. The van der Waals surface area contributed by atoms with Gasteiger partial charge in [0.25, 0.3) is 5.91 Å². The third kappa shape index (κ3) is 5.90. The number of nitrogens with two attached hydrogens (primary N) is 1. The molecule has 0 radical (unpaired) electrons. The van der Waals surface area contributed by atoms with Crippen molar-refractivity contribution in [2.45, 2.75) is 38.5 Å². The number of rotatable bonds is 10. The first-order chi connectivity index (χ1) is 21.2. The average Bonchev–Trinajstić information content (AvgIpc) is 3.76. The fourth-order valence-corrected chi connectivity index (χ4v) is 4.89. The van der Waals surface area contributed by atoms with Crippen LogP contribution in [-0.2, 0) is 29.6 Å². The Hall–Kier alpha value is -4.68. The van der Waals surface area contributed by atoms with Crippen molar-refractivity contribution < 1.29 is 28.2 Å². The summed E-state index contributed by atoms with van der Waals surface area (Å²) < 4.78 is 31.2. The quantitative estimate of drug-likeness (QED) is 0.223. The fourth-order valence-electron chi connectivity index (χ4n) is 4.89. The minimum Gasteiger partial charge on any atom is -0.465 e. The highest BCUT2D eigenvalue weighted by Crippen LogP contribution is 2.40. The summed E-state index contributed by atoms with van der Waals surface area (Å²) in [7, 11) is 0. The van der Waals surface area contributed by atoms with Gasteiger partial charge in [-0.3, -0.25) is 9.59 Å². The van der Waals surface area contributed by atoms with Crippen molar-refractivity contribution in [3.05, 3.63) is 84.1 Å². The first-order valence-electron chi connectivity index (χ1n) is 14.4. The highest BCUT2D eigenvalue weighted by Gasteiger charge is 2.54. The van der Waals surface area contributed by atoms with E-state index in [1.807, 2.05) is 37.3 Å². The van der Waals surface area contributed by atoms with E-state index in [9.17, 15) is 14.0 Å². The summed E-state index contributed by atoms with van der Waals surface area (Å²) in [6, 6.07) is 17.2. The number of aromatic nitrogens is 4. The zero-order chi connectivity index (χ0) is 30.9. The smallest absolute Gasteiger partial charge is 0.316 e. The van der Waals surface area contributed by atoms with Gasteiger partial charge in [0.05, 0.1) is 42.9 Å². The molecule has 1 saturated heterocycles. The molecular weight excluding hydrogens is 567 g/mol. The Labute approximate surface area is 253 Å². The molecule has 0 bridgehead atoms. The number of ether oxygens (including phenoxy) is 3. The predicted octanol–water partition coefficient (Wildman–Crippen LogP) is 4.49. The Balaban J connectivity index is 1.33. The summed E-state index contributed by atoms with van der Waals surface area (Å²) >= 11 is 0. The number of carbonyl (C=O) groups excluding carboxylic acids is 2. The lowest BCUT2D eigenvalue weighted by molar-refractivity contribution is -0.293. The minimum atomic E-state index is -2.13. The maximum absolute atomic E-state index is 13.8. The lowest BCUT2D eigenvalue weighted by Gasteiger charge is -2.40. The van der Waals surface area contributed by atoms with Crippen molar-refractivity contribution in [1.29, 1.82) is 0 Å². The Morgan fingerprint density at radius 3 is 2.45 bits per heavy atom. The van der Waals surface area contributed by atoms with E-state index in [0.29, 0.717) is 41.1 Å². The molecule has 1 atom stereocenters. The van der Waals surface area contributed by atoms with Gasteiger partial charge < -0.3 is 30.2 Å². The molecule has 1 aliphatic carbocycles. The van der Waals surface area contributed by atoms with Crippen LogP contribution < -0.4 is 11.1 Å². The van der Waals surface area contributed by atoms with E-state index in [2.05, 4.69) is 20.3 Å². The maximum Gasteiger partial charge on any atom is 0.316 e. The number of primary amides is 1. The van der Waals surface area contributed by atoms with Crippen molar-refractivity contribution in [2.75, 3.05) is 25.1 Å². The summed E-state index contributed by atoms with van der Waals surface area (Å²) in [5.41, 5.74) is 7.48. The van der Waals surface area contributed by atoms with E-state index in [4.69, 9.17) is 24.9 Å². The number of imidazole rings is 1. The van der Waals surface area contributed by atoms with E-state index < -0.39 is 28.9 Å². The molecule has 1 aliphatic heterocycles. The van der Waals surface area contributed by atoms with E-state index in [1.165, 1.54) is 12.1 Å². The number of carbonyl (C=O) groups is 2. The number of esters is 1. The number of nitrogens with zero attached hydrogens (tertiary/aromatic N) is 3. The summed E-state index contributed by atoms with van der Waals surface area (Å²) in [4.78, 5) is 42.7. The van der Waals surface area contributed by atoms with Crippen LogP contribution in [0.3, 0.4) is 0 Å². The first-order valence-corrected chi connectivity index (χ1v) is 14.4. The van der Waals surface area contributed by atoms with Crippen LogP contribution >= 0.6 is 0 Å². The van der Waals surface area contributed by atoms with E-state index >= 15 is 0 Å². The zero-order valence-electron chi connectivity index (χ0n) is 24.4.